The first kappa shape index (κ1) is 24.3. The summed E-state index contributed by atoms with van der Waals surface area (Å²) in [5.41, 5.74) is 1.65. The maximum atomic E-state index is 13.0. The third-order valence-electron chi connectivity index (χ3n) is 5.24. The Morgan fingerprint density at radius 1 is 1.08 bits per heavy atom. The molecule has 3 N–H and O–H groups in total. The molecule has 0 fully saturated rings. The van der Waals surface area contributed by atoms with Gasteiger partial charge in [0.2, 0.25) is 5.88 Å². The van der Waals surface area contributed by atoms with Crippen LogP contribution >= 0.6 is 11.6 Å². The number of aromatic nitrogens is 1. The van der Waals surface area contributed by atoms with Crippen molar-refractivity contribution in [2.24, 2.45) is 10.2 Å². The van der Waals surface area contributed by atoms with Gasteiger partial charge in [-0.3, -0.25) is 19.7 Å². The number of halogens is 1. The molecule has 4 aromatic rings. The van der Waals surface area contributed by atoms with Crippen LogP contribution in [0.1, 0.15) is 21.5 Å². The molecule has 0 saturated carbocycles. The smallest absolute Gasteiger partial charge is 0.311 e. The van der Waals surface area contributed by atoms with Crippen molar-refractivity contribution < 1.29 is 19.6 Å². The summed E-state index contributed by atoms with van der Waals surface area (Å²) >= 11 is 6.27. The molecule has 0 aliphatic carbocycles. The molecule has 180 valence electrons. The molecule has 4 rings (SSSR count). The van der Waals surface area contributed by atoms with Gasteiger partial charge in [0.1, 0.15) is 5.70 Å². The van der Waals surface area contributed by atoms with E-state index in [1.807, 2.05) is 6.92 Å². The summed E-state index contributed by atoms with van der Waals surface area (Å²) in [6, 6.07) is 17.0. The van der Waals surface area contributed by atoms with Gasteiger partial charge >= 0.3 is 5.91 Å². The van der Waals surface area contributed by atoms with E-state index in [2.05, 4.69) is 20.5 Å². The van der Waals surface area contributed by atoms with Crippen LogP contribution in [0.2, 0.25) is 5.02 Å². The van der Waals surface area contributed by atoms with Crippen LogP contribution in [0.15, 0.2) is 82.7 Å². The summed E-state index contributed by atoms with van der Waals surface area (Å²) in [7, 11) is 0. The maximum absolute atomic E-state index is 13.0. The highest BCUT2D eigenvalue weighted by atomic mass is 35.5. The molecular weight excluding hydrogens is 486 g/mol. The number of carbonyl (C=O) groups is 2. The molecule has 0 atom stereocenters. The van der Waals surface area contributed by atoms with E-state index in [4.69, 9.17) is 11.6 Å². The number of aromatic hydroxyl groups is 1. The van der Waals surface area contributed by atoms with Gasteiger partial charge in [-0.1, -0.05) is 35.9 Å². The van der Waals surface area contributed by atoms with Gasteiger partial charge in [0.05, 0.1) is 20.8 Å². The van der Waals surface area contributed by atoms with Gasteiger partial charge in [0, 0.05) is 17.7 Å². The topological polar surface area (TPSA) is 150 Å². The van der Waals surface area contributed by atoms with Gasteiger partial charge in [-0.2, -0.15) is 0 Å². The Labute approximate surface area is 209 Å². The molecular formula is C25H18ClN5O5. The number of aryl methyl sites for hydroxylation is 1. The second-order valence-corrected chi connectivity index (χ2v) is 8.08. The molecule has 3 aromatic carbocycles. The predicted octanol–water partition coefficient (Wildman–Crippen LogP) is 5.82. The van der Waals surface area contributed by atoms with Crippen LogP contribution < -0.4 is 5.32 Å². The normalized spacial score (nSPS) is 11.7. The van der Waals surface area contributed by atoms with E-state index in [-0.39, 0.29) is 23.0 Å². The second-order valence-electron chi connectivity index (χ2n) is 7.67. The summed E-state index contributed by atoms with van der Waals surface area (Å²) in [5, 5.41) is 32.0. The molecule has 0 spiro atoms. The molecule has 1 heterocycles. The van der Waals surface area contributed by atoms with Crippen molar-refractivity contribution in [3.63, 3.8) is 0 Å². The molecule has 0 aliphatic rings. The quantitative estimate of drug-likeness (QED) is 0.131. The lowest BCUT2D eigenvalue weighted by atomic mass is 10.1. The standard InChI is InChI=1S/C25H18ClN5O5/c1-14-7-12-18(26)20-21(14)28-25(34)22(20)29-30-24(33)19(27-23(32)16-5-3-2-4-6-16)13-15-8-10-17(11-9-15)31(35)36/h2-13,28,34H,1H3,(H,27,32)/b19-13-,30-29?. The molecule has 1 aromatic heterocycles. The van der Waals surface area contributed by atoms with Crippen LogP contribution in [-0.4, -0.2) is 26.8 Å². The largest absolute Gasteiger partial charge is 0.493 e. The molecule has 0 aliphatic heterocycles. The highest BCUT2D eigenvalue weighted by Crippen LogP contribution is 2.40. The van der Waals surface area contributed by atoms with Crippen LogP contribution in [-0.2, 0) is 4.79 Å². The van der Waals surface area contributed by atoms with Crippen LogP contribution in [0.4, 0.5) is 11.4 Å². The molecule has 2 amide bonds. The van der Waals surface area contributed by atoms with Crippen molar-refractivity contribution in [2.75, 3.05) is 0 Å². The molecule has 0 saturated heterocycles. The number of nitro benzene ring substituents is 1. The number of fused-ring (bicyclic) bond motifs is 1. The number of nitro groups is 1. The highest BCUT2D eigenvalue weighted by molar-refractivity contribution is 6.36. The Morgan fingerprint density at radius 3 is 2.44 bits per heavy atom. The maximum Gasteiger partial charge on any atom is 0.311 e. The van der Waals surface area contributed by atoms with Gasteiger partial charge in [-0.15, -0.1) is 10.2 Å². The Balaban J connectivity index is 1.70. The Bertz CT molecular complexity index is 1540. The second kappa shape index (κ2) is 10.2. The molecule has 10 nitrogen and oxygen atoms in total. The van der Waals surface area contributed by atoms with Crippen molar-refractivity contribution in [1.29, 1.82) is 0 Å². The van der Waals surface area contributed by atoms with Crippen molar-refractivity contribution >= 4 is 51.8 Å². The Hall–Kier alpha value is -4.83. The average Bonchev–Trinajstić information content (AvgIpc) is 3.22. The summed E-state index contributed by atoms with van der Waals surface area (Å²) in [6.07, 6.45) is 1.32. The lowest BCUT2D eigenvalue weighted by Crippen LogP contribution is -2.26. The number of nitrogens with zero attached hydrogens (tertiary/aromatic N) is 3. The number of nitrogens with one attached hydrogen (secondary N) is 2. The molecule has 36 heavy (non-hydrogen) atoms. The van der Waals surface area contributed by atoms with Gasteiger partial charge < -0.3 is 15.4 Å². The van der Waals surface area contributed by atoms with Crippen LogP contribution in [0.25, 0.3) is 17.0 Å². The zero-order chi connectivity index (χ0) is 25.8. The highest BCUT2D eigenvalue weighted by Gasteiger charge is 2.18. The van der Waals surface area contributed by atoms with E-state index in [0.29, 0.717) is 27.1 Å². The first-order valence-electron chi connectivity index (χ1n) is 10.5. The minimum Gasteiger partial charge on any atom is -0.493 e. The number of rotatable bonds is 6. The van der Waals surface area contributed by atoms with E-state index >= 15 is 0 Å². The van der Waals surface area contributed by atoms with Crippen LogP contribution in [0.3, 0.4) is 0 Å². The minimum absolute atomic E-state index is 0.0314. The minimum atomic E-state index is -0.921. The summed E-state index contributed by atoms with van der Waals surface area (Å²) < 4.78 is 0. The third kappa shape index (κ3) is 5.13. The number of H-pyrrole nitrogens is 1. The molecule has 0 unspecified atom stereocenters. The summed E-state index contributed by atoms with van der Waals surface area (Å²) in [6.45, 7) is 1.81. The number of amides is 2. The van der Waals surface area contributed by atoms with E-state index in [1.54, 1.807) is 42.5 Å². The molecule has 0 radical (unpaired) electrons. The Morgan fingerprint density at radius 2 is 1.78 bits per heavy atom. The van der Waals surface area contributed by atoms with Crippen LogP contribution in [0, 0.1) is 17.0 Å². The van der Waals surface area contributed by atoms with Crippen molar-refractivity contribution in [1.82, 2.24) is 10.3 Å². The van der Waals surface area contributed by atoms with Crippen LogP contribution in [0.5, 0.6) is 5.88 Å². The molecule has 0 bridgehead atoms. The fourth-order valence-corrected chi connectivity index (χ4v) is 3.66. The van der Waals surface area contributed by atoms with E-state index in [1.165, 1.54) is 30.3 Å². The predicted molar refractivity (Wildman–Crippen MR) is 134 cm³/mol. The lowest BCUT2D eigenvalue weighted by Gasteiger charge is -2.07. The van der Waals surface area contributed by atoms with Gasteiger partial charge in [0.15, 0.2) is 5.69 Å². The van der Waals surface area contributed by atoms with Gasteiger partial charge in [0.25, 0.3) is 11.6 Å². The fourth-order valence-electron chi connectivity index (χ4n) is 3.41. The SMILES string of the molecule is Cc1ccc(Cl)c2c(N=NC(=O)/C(=C/c3ccc([N+](=O)[O-])cc3)NC(=O)c3ccccc3)c(O)[nH]c12. The number of hydrogen-bond donors (Lipinski definition) is 3. The van der Waals surface area contributed by atoms with Crippen molar-refractivity contribution in [3.8, 4) is 5.88 Å². The number of benzene rings is 3. The van der Waals surface area contributed by atoms with Crippen molar-refractivity contribution in [2.45, 2.75) is 6.92 Å². The Kier molecular flexibility index (Phi) is 6.88. The zero-order valence-corrected chi connectivity index (χ0v) is 19.5. The van der Waals surface area contributed by atoms with E-state index in [0.717, 1.165) is 5.56 Å². The first-order valence-corrected chi connectivity index (χ1v) is 10.9. The lowest BCUT2D eigenvalue weighted by molar-refractivity contribution is -0.384. The number of hydrogen-bond acceptors (Lipinski definition) is 6. The monoisotopic (exact) mass is 503 g/mol. The third-order valence-corrected chi connectivity index (χ3v) is 5.55. The van der Waals surface area contributed by atoms with E-state index < -0.39 is 16.7 Å². The summed E-state index contributed by atoms with van der Waals surface area (Å²) in [5.74, 6) is -1.82. The van der Waals surface area contributed by atoms with E-state index in [9.17, 15) is 24.8 Å². The zero-order valence-electron chi connectivity index (χ0n) is 18.7. The first-order chi connectivity index (χ1) is 17.2. The van der Waals surface area contributed by atoms with Gasteiger partial charge in [-0.25, -0.2) is 0 Å². The number of non-ortho nitro benzene ring substituents is 1. The summed E-state index contributed by atoms with van der Waals surface area (Å²) in [4.78, 5) is 38.9. The number of carbonyl (C=O) groups excluding carboxylic acids is 2. The fraction of sp³-hybridized carbons (Fsp3) is 0.0400. The van der Waals surface area contributed by atoms with Gasteiger partial charge in [-0.05, 0) is 54.5 Å². The average molecular weight is 504 g/mol. The number of aromatic amines is 1. The van der Waals surface area contributed by atoms with Crippen molar-refractivity contribution in [3.05, 3.63) is 104 Å². The molecule has 11 heteroatoms. The number of azo groups is 1.